The summed E-state index contributed by atoms with van der Waals surface area (Å²) in [5.41, 5.74) is 1.71. The lowest BCUT2D eigenvalue weighted by Crippen LogP contribution is -2.45. The first kappa shape index (κ1) is 18.0. The fourth-order valence-electron chi connectivity index (χ4n) is 3.82. The predicted molar refractivity (Wildman–Crippen MR) is 109 cm³/mol. The van der Waals surface area contributed by atoms with Crippen LogP contribution in [0.5, 0.6) is 0 Å². The van der Waals surface area contributed by atoms with Crippen molar-refractivity contribution in [1.29, 1.82) is 0 Å². The number of nitrogens with one attached hydrogen (secondary N) is 1. The van der Waals surface area contributed by atoms with Gasteiger partial charge in [-0.3, -0.25) is 4.79 Å². The van der Waals surface area contributed by atoms with Crippen LogP contribution >= 0.6 is 0 Å². The fraction of sp³-hybridized carbons (Fsp3) is 0.409. The third-order valence-corrected chi connectivity index (χ3v) is 5.57. The number of furan rings is 1. The summed E-state index contributed by atoms with van der Waals surface area (Å²) in [6.07, 6.45) is 0.956. The smallest absolute Gasteiger partial charge is 0.287 e. The number of carbonyl (C=O) groups excluding carboxylic acids is 1. The molecule has 0 bridgehead atoms. The number of nitrogens with zero attached hydrogens (tertiary/aromatic N) is 2. The molecule has 1 aromatic heterocycles. The van der Waals surface area contributed by atoms with Gasteiger partial charge in [-0.1, -0.05) is 36.4 Å². The molecule has 5 nitrogen and oxygen atoms in total. The number of likely N-dealkylation sites (N-methyl/N-ethyl adjacent to an activating group) is 1. The highest BCUT2D eigenvalue weighted by Crippen LogP contribution is 2.31. The largest absolute Gasteiger partial charge is 0.450 e. The third kappa shape index (κ3) is 3.70. The van der Waals surface area contributed by atoms with Crippen LogP contribution in [0.1, 0.15) is 22.5 Å². The summed E-state index contributed by atoms with van der Waals surface area (Å²) >= 11 is 0. The molecule has 1 aliphatic heterocycles. The Hall–Kier alpha value is -2.37. The van der Waals surface area contributed by atoms with Gasteiger partial charge in [0.2, 0.25) is 0 Å². The second-order valence-electron chi connectivity index (χ2n) is 7.47. The minimum absolute atomic E-state index is 0.119. The summed E-state index contributed by atoms with van der Waals surface area (Å²) in [6.45, 7) is 8.12. The average molecular weight is 365 g/mol. The molecular weight excluding hydrogens is 338 g/mol. The van der Waals surface area contributed by atoms with E-state index in [0.29, 0.717) is 12.3 Å². The van der Waals surface area contributed by atoms with Gasteiger partial charge in [0.15, 0.2) is 5.76 Å². The highest BCUT2D eigenvalue weighted by atomic mass is 16.3. The monoisotopic (exact) mass is 365 g/mol. The van der Waals surface area contributed by atoms with E-state index in [-0.39, 0.29) is 5.91 Å². The van der Waals surface area contributed by atoms with Crippen LogP contribution in [0, 0.1) is 6.92 Å². The molecule has 0 radical (unpaired) electrons. The molecule has 4 rings (SSSR count). The van der Waals surface area contributed by atoms with Crippen molar-refractivity contribution in [3.63, 3.8) is 0 Å². The van der Waals surface area contributed by atoms with E-state index in [4.69, 9.17) is 4.42 Å². The van der Waals surface area contributed by atoms with Gasteiger partial charge in [-0.05, 0) is 32.3 Å². The highest BCUT2D eigenvalue weighted by Gasteiger charge is 2.19. The number of hydrogen-bond acceptors (Lipinski definition) is 4. The Morgan fingerprint density at radius 2 is 1.85 bits per heavy atom. The summed E-state index contributed by atoms with van der Waals surface area (Å²) in [4.78, 5) is 17.5. The van der Waals surface area contributed by atoms with Crippen LogP contribution in [0.4, 0.5) is 0 Å². The topological polar surface area (TPSA) is 48.7 Å². The Morgan fingerprint density at radius 1 is 1.07 bits per heavy atom. The third-order valence-electron chi connectivity index (χ3n) is 5.57. The molecule has 1 aliphatic rings. The van der Waals surface area contributed by atoms with Gasteiger partial charge in [0, 0.05) is 49.1 Å². The Balaban J connectivity index is 1.40. The summed E-state index contributed by atoms with van der Waals surface area (Å²) in [7, 11) is 2.16. The number of aryl methyl sites for hydroxylation is 1. The van der Waals surface area contributed by atoms with E-state index in [0.717, 1.165) is 66.4 Å². The second-order valence-corrected chi connectivity index (χ2v) is 7.47. The van der Waals surface area contributed by atoms with Crippen molar-refractivity contribution in [3.05, 3.63) is 47.7 Å². The number of rotatable bonds is 5. The standard InChI is InChI=1S/C22H27N3O2/c1-16-18-9-8-17-6-3-4-7-19(17)21(18)27-20(16)22(26)23-10-5-11-25-14-12-24(2)13-15-25/h3-4,6-9H,5,10-15H2,1-2H3,(H,23,26). The van der Waals surface area contributed by atoms with E-state index in [1.807, 2.05) is 31.2 Å². The Bertz CT molecular complexity index is 955. The first-order valence-corrected chi connectivity index (χ1v) is 9.73. The molecule has 1 fully saturated rings. The van der Waals surface area contributed by atoms with Crippen LogP contribution in [0.2, 0.25) is 0 Å². The zero-order valence-electron chi connectivity index (χ0n) is 16.1. The summed E-state index contributed by atoms with van der Waals surface area (Å²) in [6, 6.07) is 12.2. The Kier molecular flexibility index (Phi) is 5.14. The van der Waals surface area contributed by atoms with E-state index in [2.05, 4.69) is 34.3 Å². The quantitative estimate of drug-likeness (QED) is 0.705. The Morgan fingerprint density at radius 3 is 2.67 bits per heavy atom. The van der Waals surface area contributed by atoms with Crippen molar-refractivity contribution in [1.82, 2.24) is 15.1 Å². The number of amides is 1. The van der Waals surface area contributed by atoms with Crippen molar-refractivity contribution in [2.45, 2.75) is 13.3 Å². The molecule has 0 saturated carbocycles. The van der Waals surface area contributed by atoms with Gasteiger partial charge in [0.25, 0.3) is 5.91 Å². The molecule has 0 atom stereocenters. The van der Waals surface area contributed by atoms with Crippen LogP contribution in [0.15, 0.2) is 40.8 Å². The summed E-state index contributed by atoms with van der Waals surface area (Å²) in [5, 5.41) is 6.21. The van der Waals surface area contributed by atoms with E-state index in [9.17, 15) is 4.79 Å². The van der Waals surface area contributed by atoms with Crippen LogP contribution in [-0.4, -0.2) is 62.0 Å². The zero-order valence-corrected chi connectivity index (χ0v) is 16.1. The van der Waals surface area contributed by atoms with Gasteiger partial charge in [-0.15, -0.1) is 0 Å². The molecule has 1 saturated heterocycles. The molecular formula is C22H27N3O2. The number of piperazine rings is 1. The van der Waals surface area contributed by atoms with Gasteiger partial charge in [0.05, 0.1) is 0 Å². The zero-order chi connectivity index (χ0) is 18.8. The first-order chi connectivity index (χ1) is 13.1. The van der Waals surface area contributed by atoms with Crippen molar-refractivity contribution in [2.24, 2.45) is 0 Å². The van der Waals surface area contributed by atoms with E-state index in [1.54, 1.807) is 0 Å². The first-order valence-electron chi connectivity index (χ1n) is 9.73. The molecule has 0 unspecified atom stereocenters. The summed E-state index contributed by atoms with van der Waals surface area (Å²) < 4.78 is 6.00. The van der Waals surface area contributed by atoms with Crippen molar-refractivity contribution in [2.75, 3.05) is 46.3 Å². The molecule has 0 aliphatic carbocycles. The van der Waals surface area contributed by atoms with Crippen LogP contribution in [0.25, 0.3) is 21.7 Å². The number of benzene rings is 2. The molecule has 27 heavy (non-hydrogen) atoms. The number of carbonyl (C=O) groups is 1. The number of hydrogen-bond donors (Lipinski definition) is 1. The van der Waals surface area contributed by atoms with Crippen LogP contribution in [0.3, 0.4) is 0 Å². The highest BCUT2D eigenvalue weighted by molar-refractivity contribution is 6.08. The molecule has 1 amide bonds. The molecule has 3 aromatic rings. The molecule has 2 heterocycles. The fourth-order valence-corrected chi connectivity index (χ4v) is 3.82. The summed E-state index contributed by atoms with van der Waals surface area (Å²) in [5.74, 6) is 0.312. The van der Waals surface area contributed by atoms with Crippen molar-refractivity contribution < 1.29 is 9.21 Å². The lowest BCUT2D eigenvalue weighted by atomic mass is 10.1. The average Bonchev–Trinajstić information content (AvgIpc) is 3.04. The van der Waals surface area contributed by atoms with Gasteiger partial charge in [0.1, 0.15) is 5.58 Å². The van der Waals surface area contributed by atoms with Crippen molar-refractivity contribution >= 4 is 27.6 Å². The maximum atomic E-state index is 12.6. The number of fused-ring (bicyclic) bond motifs is 3. The lowest BCUT2D eigenvalue weighted by Gasteiger charge is -2.32. The molecule has 2 aromatic carbocycles. The van der Waals surface area contributed by atoms with Gasteiger partial charge < -0.3 is 19.5 Å². The van der Waals surface area contributed by atoms with Gasteiger partial charge in [-0.25, -0.2) is 0 Å². The van der Waals surface area contributed by atoms with Gasteiger partial charge in [-0.2, -0.15) is 0 Å². The molecule has 0 spiro atoms. The van der Waals surface area contributed by atoms with E-state index in [1.165, 1.54) is 0 Å². The minimum atomic E-state index is -0.119. The molecule has 142 valence electrons. The van der Waals surface area contributed by atoms with Gasteiger partial charge >= 0.3 is 0 Å². The van der Waals surface area contributed by atoms with Crippen LogP contribution in [-0.2, 0) is 0 Å². The maximum absolute atomic E-state index is 12.6. The maximum Gasteiger partial charge on any atom is 0.287 e. The van der Waals surface area contributed by atoms with E-state index >= 15 is 0 Å². The normalized spacial score (nSPS) is 16.2. The molecule has 5 heteroatoms. The SMILES string of the molecule is Cc1c(C(=O)NCCCN2CCN(C)CC2)oc2c1ccc1ccccc12. The van der Waals surface area contributed by atoms with Crippen molar-refractivity contribution in [3.8, 4) is 0 Å². The van der Waals surface area contributed by atoms with E-state index < -0.39 is 0 Å². The molecule has 1 N–H and O–H groups in total. The Labute approximate surface area is 159 Å². The van der Waals surface area contributed by atoms with Crippen LogP contribution < -0.4 is 5.32 Å². The lowest BCUT2D eigenvalue weighted by molar-refractivity contribution is 0.0923. The second kappa shape index (κ2) is 7.71. The minimum Gasteiger partial charge on any atom is -0.450 e. The predicted octanol–water partition coefficient (Wildman–Crippen LogP) is 3.26.